The van der Waals surface area contributed by atoms with Crippen molar-refractivity contribution < 1.29 is 13.9 Å². The quantitative estimate of drug-likeness (QED) is 0.738. The third kappa shape index (κ3) is 4.20. The second kappa shape index (κ2) is 7.13. The molecule has 0 aliphatic carbocycles. The van der Waals surface area contributed by atoms with E-state index in [9.17, 15) is 9.18 Å². The van der Waals surface area contributed by atoms with E-state index >= 15 is 0 Å². The van der Waals surface area contributed by atoms with E-state index in [0.29, 0.717) is 28.4 Å². The van der Waals surface area contributed by atoms with Gasteiger partial charge in [0.25, 0.3) is 5.91 Å². The van der Waals surface area contributed by atoms with Crippen molar-refractivity contribution >= 4 is 11.6 Å². The fourth-order valence-corrected chi connectivity index (χ4v) is 2.40. The number of halogens is 1. The van der Waals surface area contributed by atoms with E-state index in [2.05, 4.69) is 10.3 Å². The molecular weight excluding hydrogens is 319 g/mol. The van der Waals surface area contributed by atoms with Gasteiger partial charge in [0.05, 0.1) is 11.3 Å². The summed E-state index contributed by atoms with van der Waals surface area (Å²) in [7, 11) is 0. The first-order valence-corrected chi connectivity index (χ1v) is 7.80. The Balaban J connectivity index is 1.69. The molecule has 0 bridgehead atoms. The average Bonchev–Trinajstić information content (AvgIpc) is 2.56. The molecule has 1 heterocycles. The third-order valence-electron chi connectivity index (χ3n) is 3.61. The number of ether oxygens (including phenoxy) is 1. The number of hydrogen-bond acceptors (Lipinski definition) is 3. The van der Waals surface area contributed by atoms with Gasteiger partial charge in [-0.3, -0.25) is 9.78 Å². The molecule has 0 atom stereocenters. The van der Waals surface area contributed by atoms with Crippen molar-refractivity contribution in [1.29, 1.82) is 0 Å². The lowest BCUT2D eigenvalue weighted by Crippen LogP contribution is -2.14. The molecule has 4 nitrogen and oxygen atoms in total. The molecule has 1 amide bonds. The van der Waals surface area contributed by atoms with Crippen LogP contribution in [0.5, 0.6) is 11.5 Å². The van der Waals surface area contributed by atoms with Gasteiger partial charge < -0.3 is 10.1 Å². The Bertz CT molecular complexity index is 908. The number of rotatable bonds is 4. The molecule has 0 saturated carbocycles. The minimum absolute atomic E-state index is 0.219. The van der Waals surface area contributed by atoms with Crippen LogP contribution in [0.3, 0.4) is 0 Å². The summed E-state index contributed by atoms with van der Waals surface area (Å²) in [5.41, 5.74) is 2.72. The highest BCUT2D eigenvalue weighted by Gasteiger charge is 2.10. The van der Waals surface area contributed by atoms with Gasteiger partial charge in [0.15, 0.2) is 0 Å². The van der Waals surface area contributed by atoms with Gasteiger partial charge in [-0.25, -0.2) is 4.39 Å². The highest BCUT2D eigenvalue weighted by atomic mass is 19.1. The Labute approximate surface area is 145 Å². The van der Waals surface area contributed by atoms with E-state index in [-0.39, 0.29) is 11.7 Å². The molecule has 0 aliphatic rings. The number of benzene rings is 2. The molecule has 0 aliphatic heterocycles. The molecule has 25 heavy (non-hydrogen) atoms. The number of nitrogens with one attached hydrogen (secondary N) is 1. The fourth-order valence-electron chi connectivity index (χ4n) is 2.40. The Morgan fingerprint density at radius 3 is 2.44 bits per heavy atom. The van der Waals surface area contributed by atoms with Crippen LogP contribution in [0.25, 0.3) is 0 Å². The predicted molar refractivity (Wildman–Crippen MR) is 94.6 cm³/mol. The minimum Gasteiger partial charge on any atom is -0.457 e. The van der Waals surface area contributed by atoms with E-state index in [1.807, 2.05) is 6.92 Å². The van der Waals surface area contributed by atoms with E-state index in [1.54, 1.807) is 55.5 Å². The topological polar surface area (TPSA) is 51.2 Å². The number of carbonyl (C=O) groups excluding carboxylic acids is 1. The lowest BCUT2D eigenvalue weighted by molar-refractivity contribution is 0.102. The van der Waals surface area contributed by atoms with Crippen molar-refractivity contribution in [3.8, 4) is 11.5 Å². The highest BCUT2D eigenvalue weighted by molar-refractivity contribution is 6.05. The first-order chi connectivity index (χ1) is 12.0. The lowest BCUT2D eigenvalue weighted by Gasteiger charge is -2.09. The summed E-state index contributed by atoms with van der Waals surface area (Å²) < 4.78 is 18.7. The molecule has 2 aromatic carbocycles. The first-order valence-electron chi connectivity index (χ1n) is 7.80. The molecule has 3 aromatic rings. The number of aryl methyl sites for hydroxylation is 2. The van der Waals surface area contributed by atoms with Gasteiger partial charge in [0.2, 0.25) is 0 Å². The molecule has 0 fully saturated rings. The van der Waals surface area contributed by atoms with Crippen molar-refractivity contribution in [2.24, 2.45) is 0 Å². The predicted octanol–water partition coefficient (Wildman–Crippen LogP) is 4.88. The minimum atomic E-state index is -0.358. The Morgan fingerprint density at radius 1 is 1.00 bits per heavy atom. The van der Waals surface area contributed by atoms with Gasteiger partial charge in [-0.05, 0) is 62.4 Å². The standard InChI is InChI=1S/C20H17FN2O2/c1-13-6-11-19(14(2)22-13)20(24)23-16-7-9-17(10-8-16)25-18-5-3-4-15(21)12-18/h3-12H,1-2H3,(H,23,24). The number of amides is 1. The van der Waals surface area contributed by atoms with Crippen LogP contribution in [0.2, 0.25) is 0 Å². The van der Waals surface area contributed by atoms with Crippen LogP contribution < -0.4 is 10.1 Å². The smallest absolute Gasteiger partial charge is 0.257 e. The van der Waals surface area contributed by atoms with Crippen LogP contribution in [0, 0.1) is 19.7 Å². The molecule has 0 radical (unpaired) electrons. The van der Waals surface area contributed by atoms with Gasteiger partial charge in [-0.2, -0.15) is 0 Å². The number of anilines is 1. The molecule has 5 heteroatoms. The van der Waals surface area contributed by atoms with Crippen molar-refractivity contribution in [3.05, 3.63) is 83.4 Å². The van der Waals surface area contributed by atoms with Crippen LogP contribution in [-0.2, 0) is 0 Å². The van der Waals surface area contributed by atoms with Crippen LogP contribution in [-0.4, -0.2) is 10.9 Å². The summed E-state index contributed by atoms with van der Waals surface area (Å²) in [4.78, 5) is 16.6. The van der Waals surface area contributed by atoms with E-state index in [4.69, 9.17) is 4.74 Å². The molecular formula is C20H17FN2O2. The molecule has 0 saturated heterocycles. The SMILES string of the molecule is Cc1ccc(C(=O)Nc2ccc(Oc3cccc(F)c3)cc2)c(C)n1. The second-order valence-corrected chi connectivity index (χ2v) is 5.62. The van der Waals surface area contributed by atoms with Crippen LogP contribution in [0.1, 0.15) is 21.7 Å². The molecule has 0 spiro atoms. The second-order valence-electron chi connectivity index (χ2n) is 5.62. The Hall–Kier alpha value is -3.21. The average molecular weight is 336 g/mol. The summed E-state index contributed by atoms with van der Waals surface area (Å²) >= 11 is 0. The summed E-state index contributed by atoms with van der Waals surface area (Å²) in [5.74, 6) is 0.391. The first kappa shape index (κ1) is 16.6. The van der Waals surface area contributed by atoms with Crippen LogP contribution in [0.4, 0.5) is 10.1 Å². The monoisotopic (exact) mass is 336 g/mol. The van der Waals surface area contributed by atoms with Crippen LogP contribution in [0.15, 0.2) is 60.7 Å². The number of nitrogens with zero attached hydrogens (tertiary/aromatic N) is 1. The summed E-state index contributed by atoms with van der Waals surface area (Å²) in [5, 5.41) is 2.82. The molecule has 0 unspecified atom stereocenters. The van der Waals surface area contributed by atoms with Crippen molar-refractivity contribution in [1.82, 2.24) is 4.98 Å². The molecule has 3 rings (SSSR count). The van der Waals surface area contributed by atoms with Crippen LogP contribution >= 0.6 is 0 Å². The number of aromatic nitrogens is 1. The van der Waals surface area contributed by atoms with Gasteiger partial charge in [0.1, 0.15) is 17.3 Å². The van der Waals surface area contributed by atoms with Crippen molar-refractivity contribution in [3.63, 3.8) is 0 Å². The van der Waals surface area contributed by atoms with Gasteiger partial charge >= 0.3 is 0 Å². The van der Waals surface area contributed by atoms with E-state index in [0.717, 1.165) is 5.69 Å². The normalized spacial score (nSPS) is 10.4. The number of hydrogen-bond donors (Lipinski definition) is 1. The molecule has 1 N–H and O–H groups in total. The van der Waals surface area contributed by atoms with E-state index in [1.165, 1.54) is 12.1 Å². The zero-order valence-corrected chi connectivity index (χ0v) is 13.9. The maximum Gasteiger partial charge on any atom is 0.257 e. The maximum absolute atomic E-state index is 13.2. The summed E-state index contributed by atoms with van der Waals surface area (Å²) in [6.07, 6.45) is 0. The summed E-state index contributed by atoms with van der Waals surface area (Å²) in [6.45, 7) is 3.68. The molecule has 126 valence electrons. The number of pyridine rings is 1. The Kier molecular flexibility index (Phi) is 4.75. The Morgan fingerprint density at radius 2 is 1.76 bits per heavy atom. The van der Waals surface area contributed by atoms with Crippen molar-refractivity contribution in [2.45, 2.75) is 13.8 Å². The maximum atomic E-state index is 13.2. The van der Waals surface area contributed by atoms with Gasteiger partial charge in [-0.15, -0.1) is 0 Å². The van der Waals surface area contributed by atoms with Gasteiger partial charge in [0, 0.05) is 17.4 Å². The van der Waals surface area contributed by atoms with Gasteiger partial charge in [-0.1, -0.05) is 6.07 Å². The van der Waals surface area contributed by atoms with Crippen molar-refractivity contribution in [2.75, 3.05) is 5.32 Å². The zero-order chi connectivity index (χ0) is 17.8. The lowest BCUT2D eigenvalue weighted by atomic mass is 10.1. The summed E-state index contributed by atoms with van der Waals surface area (Å²) in [6, 6.07) is 16.3. The number of carbonyl (C=O) groups is 1. The zero-order valence-electron chi connectivity index (χ0n) is 13.9. The van der Waals surface area contributed by atoms with E-state index < -0.39 is 0 Å². The third-order valence-corrected chi connectivity index (χ3v) is 3.61. The fraction of sp³-hybridized carbons (Fsp3) is 0.100. The molecule has 1 aromatic heterocycles. The highest BCUT2D eigenvalue weighted by Crippen LogP contribution is 2.23. The largest absolute Gasteiger partial charge is 0.457 e.